The normalized spacial score (nSPS) is 17.8. The summed E-state index contributed by atoms with van der Waals surface area (Å²) in [5, 5.41) is 12.3. The van der Waals surface area contributed by atoms with Crippen molar-refractivity contribution in [1.82, 2.24) is 35.0 Å². The Morgan fingerprint density at radius 1 is 1.42 bits per heavy atom. The summed E-state index contributed by atoms with van der Waals surface area (Å²) in [7, 11) is 0. The molecule has 0 radical (unpaired) electrons. The maximum Gasteiger partial charge on any atom is 0.280 e. The summed E-state index contributed by atoms with van der Waals surface area (Å²) in [5.41, 5.74) is 1.16. The Hall–Kier alpha value is -2.97. The van der Waals surface area contributed by atoms with Crippen LogP contribution >= 0.6 is 0 Å². The van der Waals surface area contributed by atoms with Gasteiger partial charge in [0, 0.05) is 25.2 Å². The van der Waals surface area contributed by atoms with Crippen molar-refractivity contribution in [2.45, 2.75) is 38.6 Å². The highest BCUT2D eigenvalue weighted by Crippen LogP contribution is 2.24. The van der Waals surface area contributed by atoms with Crippen molar-refractivity contribution in [1.29, 1.82) is 0 Å². The van der Waals surface area contributed by atoms with Crippen LogP contribution in [0.2, 0.25) is 0 Å². The fourth-order valence-electron chi connectivity index (χ4n) is 3.12. The van der Waals surface area contributed by atoms with Crippen LogP contribution in [0.5, 0.6) is 0 Å². The van der Waals surface area contributed by atoms with Crippen LogP contribution in [0.25, 0.3) is 11.6 Å². The molecule has 9 heteroatoms. The minimum absolute atomic E-state index is 0.0125. The van der Waals surface area contributed by atoms with Crippen molar-refractivity contribution in [2.24, 2.45) is 0 Å². The highest BCUT2D eigenvalue weighted by atomic mass is 16.5. The molecule has 4 heterocycles. The summed E-state index contributed by atoms with van der Waals surface area (Å²) in [6.07, 6.45) is 5.43. The zero-order valence-corrected chi connectivity index (χ0v) is 14.8. The van der Waals surface area contributed by atoms with E-state index in [1.54, 1.807) is 16.9 Å². The van der Waals surface area contributed by atoms with E-state index in [2.05, 4.69) is 25.4 Å². The zero-order valence-electron chi connectivity index (χ0n) is 14.8. The number of aromatic amines is 1. The number of hydrogen-bond acceptors (Lipinski definition) is 6. The lowest BCUT2D eigenvalue weighted by molar-refractivity contribution is 0.0666. The molecule has 1 fully saturated rings. The molecule has 0 aliphatic carbocycles. The number of amides is 1. The third kappa shape index (κ3) is 3.12. The lowest BCUT2D eigenvalue weighted by Gasteiger charge is -2.32. The van der Waals surface area contributed by atoms with E-state index in [0.29, 0.717) is 29.6 Å². The van der Waals surface area contributed by atoms with E-state index < -0.39 is 0 Å². The van der Waals surface area contributed by atoms with E-state index in [1.165, 1.54) is 0 Å². The number of likely N-dealkylation sites (tertiary alicyclic amines) is 1. The highest BCUT2D eigenvalue weighted by Gasteiger charge is 2.27. The maximum atomic E-state index is 12.5. The van der Waals surface area contributed by atoms with Gasteiger partial charge in [-0.15, -0.1) is 5.10 Å². The predicted octanol–water partition coefficient (Wildman–Crippen LogP) is 2.26. The van der Waals surface area contributed by atoms with Gasteiger partial charge in [-0.3, -0.25) is 4.79 Å². The topological polar surface area (TPSA) is 106 Å². The van der Waals surface area contributed by atoms with Gasteiger partial charge in [0.15, 0.2) is 11.5 Å². The van der Waals surface area contributed by atoms with Crippen molar-refractivity contribution < 1.29 is 9.32 Å². The fourth-order valence-corrected chi connectivity index (χ4v) is 3.12. The Labute approximate surface area is 150 Å². The van der Waals surface area contributed by atoms with Crippen molar-refractivity contribution in [3.8, 4) is 11.6 Å². The average Bonchev–Trinajstić information content (AvgIpc) is 3.42. The van der Waals surface area contributed by atoms with Gasteiger partial charge < -0.3 is 14.4 Å². The van der Waals surface area contributed by atoms with E-state index in [-0.39, 0.29) is 17.9 Å². The molecule has 136 valence electrons. The van der Waals surface area contributed by atoms with Crippen molar-refractivity contribution in [3.63, 3.8) is 0 Å². The van der Waals surface area contributed by atoms with Crippen LogP contribution in [-0.4, -0.2) is 54.0 Å². The van der Waals surface area contributed by atoms with E-state index in [1.807, 2.05) is 31.0 Å². The van der Waals surface area contributed by atoms with E-state index in [9.17, 15) is 4.79 Å². The second-order valence-electron chi connectivity index (χ2n) is 6.83. The van der Waals surface area contributed by atoms with Gasteiger partial charge in [-0.2, -0.15) is 4.98 Å². The van der Waals surface area contributed by atoms with E-state index in [4.69, 9.17) is 4.52 Å². The molecule has 1 aliphatic heterocycles. The number of H-pyrrole nitrogens is 1. The van der Waals surface area contributed by atoms with Crippen LogP contribution in [0.15, 0.2) is 29.0 Å². The van der Waals surface area contributed by atoms with Gasteiger partial charge >= 0.3 is 0 Å². The number of aromatic nitrogens is 6. The Morgan fingerprint density at radius 2 is 2.31 bits per heavy atom. The molecule has 1 aliphatic rings. The highest BCUT2D eigenvalue weighted by molar-refractivity contribution is 5.92. The smallest absolute Gasteiger partial charge is 0.280 e. The number of piperidine rings is 1. The Bertz CT molecular complexity index is 881. The first-order valence-electron chi connectivity index (χ1n) is 8.80. The van der Waals surface area contributed by atoms with Crippen molar-refractivity contribution in [3.05, 3.63) is 36.0 Å². The number of carbonyl (C=O) groups is 1. The predicted molar refractivity (Wildman–Crippen MR) is 92.4 cm³/mol. The van der Waals surface area contributed by atoms with Gasteiger partial charge in [-0.05, 0) is 25.0 Å². The number of carbonyl (C=O) groups excluding carboxylic acids is 1. The Kier molecular flexibility index (Phi) is 4.27. The molecular formula is C17H21N7O2. The molecule has 1 amide bonds. The first-order valence-corrected chi connectivity index (χ1v) is 8.80. The van der Waals surface area contributed by atoms with Gasteiger partial charge in [0.2, 0.25) is 0 Å². The average molecular weight is 355 g/mol. The van der Waals surface area contributed by atoms with Gasteiger partial charge in [-0.25, -0.2) is 4.68 Å². The van der Waals surface area contributed by atoms with Crippen LogP contribution in [0, 0.1) is 0 Å². The lowest BCUT2D eigenvalue weighted by atomic mass is 10.1. The van der Waals surface area contributed by atoms with Crippen LogP contribution in [-0.2, 0) is 0 Å². The third-order valence-electron chi connectivity index (χ3n) is 4.57. The number of nitrogens with one attached hydrogen (secondary N) is 1. The quantitative estimate of drug-likeness (QED) is 0.769. The fraction of sp³-hybridized carbons (Fsp3) is 0.471. The van der Waals surface area contributed by atoms with Crippen molar-refractivity contribution in [2.75, 3.05) is 13.1 Å². The molecule has 4 rings (SSSR count). The molecule has 0 spiro atoms. The standard InChI is InChI=1S/C17H21N7O2/c1-11(2)15-19-16(26-21-15)14-10-24(22-20-14)12-5-4-8-23(9-12)17(25)13-6-3-7-18-13/h3,6-7,10-12,18H,4-5,8-9H2,1-2H3. The van der Waals surface area contributed by atoms with Crippen LogP contribution in [0.1, 0.15) is 55.0 Å². The van der Waals surface area contributed by atoms with Gasteiger partial charge in [0.25, 0.3) is 11.8 Å². The van der Waals surface area contributed by atoms with Crippen LogP contribution < -0.4 is 0 Å². The molecule has 0 aromatic carbocycles. The summed E-state index contributed by atoms with van der Waals surface area (Å²) < 4.78 is 7.07. The van der Waals surface area contributed by atoms with Gasteiger partial charge in [0.1, 0.15) is 5.69 Å². The number of nitrogens with zero attached hydrogens (tertiary/aromatic N) is 6. The lowest BCUT2D eigenvalue weighted by Crippen LogP contribution is -2.41. The van der Waals surface area contributed by atoms with Gasteiger partial charge in [0.05, 0.1) is 12.2 Å². The molecule has 0 saturated carbocycles. The Morgan fingerprint density at radius 3 is 3.04 bits per heavy atom. The second-order valence-corrected chi connectivity index (χ2v) is 6.83. The molecule has 26 heavy (non-hydrogen) atoms. The molecule has 3 aromatic rings. The van der Waals surface area contributed by atoms with Crippen LogP contribution in [0.3, 0.4) is 0 Å². The zero-order chi connectivity index (χ0) is 18.1. The minimum atomic E-state index is 0.0125. The summed E-state index contributed by atoms with van der Waals surface area (Å²) in [6.45, 7) is 5.35. The van der Waals surface area contributed by atoms with Gasteiger partial charge in [-0.1, -0.05) is 24.2 Å². The summed E-state index contributed by atoms with van der Waals surface area (Å²) in [4.78, 5) is 21.7. The molecule has 9 nitrogen and oxygen atoms in total. The summed E-state index contributed by atoms with van der Waals surface area (Å²) in [5.74, 6) is 1.22. The molecule has 0 bridgehead atoms. The number of hydrogen-bond donors (Lipinski definition) is 1. The maximum absolute atomic E-state index is 12.5. The molecule has 1 unspecified atom stereocenters. The third-order valence-corrected chi connectivity index (χ3v) is 4.57. The Balaban J connectivity index is 1.49. The van der Waals surface area contributed by atoms with E-state index >= 15 is 0 Å². The van der Waals surface area contributed by atoms with Crippen LogP contribution in [0.4, 0.5) is 0 Å². The first kappa shape index (κ1) is 16.5. The monoisotopic (exact) mass is 355 g/mol. The molecular weight excluding hydrogens is 334 g/mol. The molecule has 1 saturated heterocycles. The SMILES string of the molecule is CC(C)c1noc(-c2cn(C3CCCN(C(=O)c4ccc[nH]4)C3)nn2)n1. The van der Waals surface area contributed by atoms with E-state index in [0.717, 1.165) is 19.4 Å². The molecule has 1 N–H and O–H groups in total. The first-order chi connectivity index (χ1) is 12.6. The second kappa shape index (κ2) is 6.74. The van der Waals surface area contributed by atoms with Crippen molar-refractivity contribution >= 4 is 5.91 Å². The molecule has 3 aromatic heterocycles. The largest absolute Gasteiger partial charge is 0.357 e. The summed E-state index contributed by atoms with van der Waals surface area (Å²) in [6, 6.07) is 3.70. The number of rotatable bonds is 4. The molecule has 1 atom stereocenters. The summed E-state index contributed by atoms with van der Waals surface area (Å²) >= 11 is 0. The minimum Gasteiger partial charge on any atom is -0.357 e.